The Morgan fingerprint density at radius 1 is 0.952 bits per heavy atom. The van der Waals surface area contributed by atoms with E-state index in [4.69, 9.17) is 0 Å². The maximum absolute atomic E-state index is 4.40. The zero-order valence-corrected chi connectivity index (χ0v) is 14.1. The Kier molecular flexibility index (Phi) is 11.1. The minimum absolute atomic E-state index is 0.645. The lowest BCUT2D eigenvalue weighted by Gasteiger charge is -2.15. The van der Waals surface area contributed by atoms with Crippen LogP contribution in [0.15, 0.2) is 24.4 Å². The van der Waals surface area contributed by atoms with Crippen LogP contribution in [-0.4, -0.2) is 18.1 Å². The predicted octanol–water partition coefficient (Wildman–Crippen LogP) is 5.13. The SMILES string of the molecule is CCCCCCCCCCC(CCc1ccccn1)NC. The molecule has 0 aliphatic rings. The first-order chi connectivity index (χ1) is 10.4. The molecule has 21 heavy (non-hydrogen) atoms. The molecule has 1 heterocycles. The van der Waals surface area contributed by atoms with Crippen LogP contribution < -0.4 is 5.32 Å². The summed E-state index contributed by atoms with van der Waals surface area (Å²) < 4.78 is 0. The van der Waals surface area contributed by atoms with Gasteiger partial charge in [0.1, 0.15) is 0 Å². The van der Waals surface area contributed by atoms with E-state index < -0.39 is 0 Å². The quantitative estimate of drug-likeness (QED) is 0.509. The van der Waals surface area contributed by atoms with E-state index in [2.05, 4.69) is 36.4 Å². The summed E-state index contributed by atoms with van der Waals surface area (Å²) in [6, 6.07) is 6.84. The van der Waals surface area contributed by atoms with Gasteiger partial charge < -0.3 is 5.32 Å². The van der Waals surface area contributed by atoms with Crippen molar-refractivity contribution < 1.29 is 0 Å². The molecule has 0 aromatic carbocycles. The molecule has 0 fully saturated rings. The van der Waals surface area contributed by atoms with E-state index in [1.165, 1.54) is 69.9 Å². The highest BCUT2D eigenvalue weighted by atomic mass is 14.9. The van der Waals surface area contributed by atoms with Gasteiger partial charge in [0.15, 0.2) is 0 Å². The van der Waals surface area contributed by atoms with Gasteiger partial charge in [-0.25, -0.2) is 0 Å². The summed E-state index contributed by atoms with van der Waals surface area (Å²) in [6.45, 7) is 2.28. The second-order valence-corrected chi connectivity index (χ2v) is 6.11. The number of hydrogen-bond acceptors (Lipinski definition) is 2. The molecule has 2 heteroatoms. The molecule has 1 aromatic rings. The van der Waals surface area contributed by atoms with Crippen molar-refractivity contribution in [2.45, 2.75) is 83.6 Å². The van der Waals surface area contributed by atoms with Gasteiger partial charge in [-0.05, 0) is 38.4 Å². The second-order valence-electron chi connectivity index (χ2n) is 6.11. The predicted molar refractivity (Wildman–Crippen MR) is 92.6 cm³/mol. The van der Waals surface area contributed by atoms with E-state index >= 15 is 0 Å². The van der Waals surface area contributed by atoms with Crippen molar-refractivity contribution in [1.29, 1.82) is 0 Å². The minimum Gasteiger partial charge on any atom is -0.317 e. The van der Waals surface area contributed by atoms with Crippen LogP contribution in [0.3, 0.4) is 0 Å². The first kappa shape index (κ1) is 18.2. The van der Waals surface area contributed by atoms with Gasteiger partial charge in [-0.2, -0.15) is 0 Å². The topological polar surface area (TPSA) is 24.9 Å². The van der Waals surface area contributed by atoms with Crippen LogP contribution >= 0.6 is 0 Å². The molecule has 2 nitrogen and oxygen atoms in total. The first-order valence-corrected chi connectivity index (χ1v) is 8.94. The summed E-state index contributed by atoms with van der Waals surface area (Å²) in [4.78, 5) is 4.40. The Morgan fingerprint density at radius 3 is 2.29 bits per heavy atom. The van der Waals surface area contributed by atoms with Gasteiger partial charge in [-0.15, -0.1) is 0 Å². The number of nitrogens with one attached hydrogen (secondary N) is 1. The van der Waals surface area contributed by atoms with Crippen molar-refractivity contribution in [3.8, 4) is 0 Å². The Bertz CT molecular complexity index is 324. The molecule has 1 aromatic heterocycles. The number of unbranched alkanes of at least 4 members (excludes halogenated alkanes) is 7. The van der Waals surface area contributed by atoms with E-state index in [1.54, 1.807) is 0 Å². The zero-order valence-electron chi connectivity index (χ0n) is 14.1. The molecule has 0 spiro atoms. The Morgan fingerprint density at radius 2 is 1.67 bits per heavy atom. The number of rotatable bonds is 13. The Balaban J connectivity index is 2.01. The average molecular weight is 290 g/mol. The number of nitrogens with zero attached hydrogens (tertiary/aromatic N) is 1. The molecule has 1 atom stereocenters. The molecule has 0 saturated heterocycles. The molecule has 0 bridgehead atoms. The van der Waals surface area contributed by atoms with E-state index in [1.807, 2.05) is 12.3 Å². The summed E-state index contributed by atoms with van der Waals surface area (Å²) in [5.41, 5.74) is 1.22. The normalized spacial score (nSPS) is 12.5. The fourth-order valence-electron chi connectivity index (χ4n) is 2.83. The van der Waals surface area contributed by atoms with Crippen LogP contribution in [0, 0.1) is 0 Å². The lowest BCUT2D eigenvalue weighted by Crippen LogP contribution is -2.25. The number of hydrogen-bond donors (Lipinski definition) is 1. The van der Waals surface area contributed by atoms with E-state index in [9.17, 15) is 0 Å². The fourth-order valence-corrected chi connectivity index (χ4v) is 2.83. The molecule has 0 aliphatic carbocycles. The molecule has 120 valence electrons. The van der Waals surface area contributed by atoms with E-state index in [0.29, 0.717) is 6.04 Å². The minimum atomic E-state index is 0.645. The first-order valence-electron chi connectivity index (χ1n) is 8.94. The van der Waals surface area contributed by atoms with Crippen LogP contribution in [0.5, 0.6) is 0 Å². The highest BCUT2D eigenvalue weighted by Crippen LogP contribution is 2.12. The molecular weight excluding hydrogens is 256 g/mol. The molecule has 1 rings (SSSR count). The third-order valence-corrected chi connectivity index (χ3v) is 4.29. The van der Waals surface area contributed by atoms with Gasteiger partial charge in [0.25, 0.3) is 0 Å². The Hall–Kier alpha value is -0.890. The lowest BCUT2D eigenvalue weighted by molar-refractivity contribution is 0.455. The van der Waals surface area contributed by atoms with E-state index in [0.717, 1.165) is 6.42 Å². The molecule has 1 N–H and O–H groups in total. The molecule has 0 aliphatic heterocycles. The van der Waals surface area contributed by atoms with Gasteiger partial charge in [0.05, 0.1) is 0 Å². The number of aromatic nitrogens is 1. The van der Waals surface area contributed by atoms with Gasteiger partial charge in [0, 0.05) is 17.9 Å². The van der Waals surface area contributed by atoms with Crippen molar-refractivity contribution in [1.82, 2.24) is 10.3 Å². The third-order valence-electron chi connectivity index (χ3n) is 4.29. The average Bonchev–Trinajstić information content (AvgIpc) is 2.54. The maximum atomic E-state index is 4.40. The van der Waals surface area contributed by atoms with Crippen LogP contribution in [0.4, 0.5) is 0 Å². The van der Waals surface area contributed by atoms with Crippen LogP contribution in [0.25, 0.3) is 0 Å². The van der Waals surface area contributed by atoms with Crippen LogP contribution in [0.1, 0.15) is 76.8 Å². The molecule has 0 saturated carbocycles. The summed E-state index contributed by atoms with van der Waals surface area (Å²) in [5.74, 6) is 0. The molecular formula is C19H34N2. The highest BCUT2D eigenvalue weighted by molar-refractivity contribution is 5.03. The number of pyridine rings is 1. The molecule has 1 unspecified atom stereocenters. The zero-order chi connectivity index (χ0) is 15.2. The largest absolute Gasteiger partial charge is 0.317 e. The third kappa shape index (κ3) is 9.62. The monoisotopic (exact) mass is 290 g/mol. The molecule has 0 radical (unpaired) electrons. The fraction of sp³-hybridized carbons (Fsp3) is 0.737. The van der Waals surface area contributed by atoms with Gasteiger partial charge in [0.2, 0.25) is 0 Å². The van der Waals surface area contributed by atoms with Crippen molar-refractivity contribution in [2.75, 3.05) is 7.05 Å². The van der Waals surface area contributed by atoms with Gasteiger partial charge >= 0.3 is 0 Å². The van der Waals surface area contributed by atoms with Gasteiger partial charge in [-0.3, -0.25) is 4.98 Å². The number of aryl methyl sites for hydroxylation is 1. The van der Waals surface area contributed by atoms with Gasteiger partial charge in [-0.1, -0.05) is 64.4 Å². The summed E-state index contributed by atoms with van der Waals surface area (Å²) >= 11 is 0. The molecule has 0 amide bonds. The lowest BCUT2D eigenvalue weighted by atomic mass is 10.0. The summed E-state index contributed by atoms with van der Waals surface area (Å²) in [7, 11) is 2.09. The van der Waals surface area contributed by atoms with E-state index in [-0.39, 0.29) is 0 Å². The van der Waals surface area contributed by atoms with Crippen molar-refractivity contribution >= 4 is 0 Å². The Labute approximate surface area is 131 Å². The second kappa shape index (κ2) is 12.8. The van der Waals surface area contributed by atoms with Crippen LogP contribution in [0.2, 0.25) is 0 Å². The van der Waals surface area contributed by atoms with Crippen molar-refractivity contribution in [3.05, 3.63) is 30.1 Å². The van der Waals surface area contributed by atoms with Crippen LogP contribution in [-0.2, 0) is 6.42 Å². The van der Waals surface area contributed by atoms with Crippen molar-refractivity contribution in [2.24, 2.45) is 0 Å². The highest BCUT2D eigenvalue weighted by Gasteiger charge is 2.06. The smallest absolute Gasteiger partial charge is 0.0404 e. The standard InChI is InChI=1S/C19H34N2/c1-3-4-5-6-7-8-9-10-13-18(20-2)15-16-19-14-11-12-17-21-19/h11-12,14,17-18,20H,3-10,13,15-16H2,1-2H3. The summed E-state index contributed by atoms with van der Waals surface area (Å²) in [5, 5.41) is 3.46. The maximum Gasteiger partial charge on any atom is 0.0404 e. The van der Waals surface area contributed by atoms with Crippen molar-refractivity contribution in [3.63, 3.8) is 0 Å². The summed E-state index contributed by atoms with van der Waals surface area (Å²) in [6.07, 6.45) is 16.7.